The Kier molecular flexibility index (Phi) is 4.71. The number of fused-ring (bicyclic) bond motifs is 1. The van der Waals surface area contributed by atoms with Crippen molar-refractivity contribution < 1.29 is 9.32 Å². The Morgan fingerprint density at radius 3 is 2.54 bits per heavy atom. The number of aromatic nitrogens is 1. The topological polar surface area (TPSA) is 49.6 Å². The molecule has 5 heteroatoms. The molecule has 1 amide bonds. The van der Waals surface area contributed by atoms with Gasteiger partial charge in [0.1, 0.15) is 5.69 Å². The first kappa shape index (κ1) is 16.8. The minimum absolute atomic E-state index is 0.209. The molecule has 1 saturated heterocycles. The van der Waals surface area contributed by atoms with Gasteiger partial charge in [0.05, 0.1) is 6.42 Å². The molecule has 0 atom stereocenters. The molecule has 0 bridgehead atoms. The molecule has 0 aliphatic carbocycles. The van der Waals surface area contributed by atoms with Gasteiger partial charge in [0.15, 0.2) is 5.58 Å². The van der Waals surface area contributed by atoms with E-state index in [2.05, 4.69) is 29.1 Å². The van der Waals surface area contributed by atoms with Crippen molar-refractivity contribution in [1.82, 2.24) is 15.0 Å². The molecule has 0 saturated carbocycles. The number of hydrogen-bond donors (Lipinski definition) is 0. The number of para-hydroxylation sites is 1. The molecule has 0 N–H and O–H groups in total. The van der Waals surface area contributed by atoms with E-state index in [0.717, 1.165) is 55.0 Å². The van der Waals surface area contributed by atoms with Gasteiger partial charge in [-0.15, -0.1) is 0 Å². The smallest absolute Gasteiger partial charge is 0.227 e. The summed E-state index contributed by atoms with van der Waals surface area (Å²) in [6.07, 6.45) is 0.480. The molecule has 3 aromatic rings. The van der Waals surface area contributed by atoms with E-state index in [1.54, 1.807) is 0 Å². The number of amides is 1. The van der Waals surface area contributed by atoms with E-state index < -0.39 is 0 Å². The Hall–Kier alpha value is -2.66. The van der Waals surface area contributed by atoms with Crippen molar-refractivity contribution >= 4 is 16.9 Å². The van der Waals surface area contributed by atoms with E-state index in [0.29, 0.717) is 6.42 Å². The Morgan fingerprint density at radius 1 is 1.04 bits per heavy atom. The average molecular weight is 349 g/mol. The lowest BCUT2D eigenvalue weighted by molar-refractivity contribution is -0.132. The van der Waals surface area contributed by atoms with Crippen LogP contribution in [0, 0.1) is 6.92 Å². The quantitative estimate of drug-likeness (QED) is 0.726. The summed E-state index contributed by atoms with van der Waals surface area (Å²) in [5, 5.41) is 5.28. The SMILES string of the molecule is Cc1ccc(CC(=O)N2CCN(Cc3noc4ccccc34)CC2)cc1. The minimum atomic E-state index is 0.209. The lowest BCUT2D eigenvalue weighted by atomic mass is 10.1. The van der Waals surface area contributed by atoms with Crippen LogP contribution in [-0.2, 0) is 17.8 Å². The van der Waals surface area contributed by atoms with E-state index in [1.807, 2.05) is 41.3 Å². The van der Waals surface area contributed by atoms with Crippen LogP contribution in [0.5, 0.6) is 0 Å². The van der Waals surface area contributed by atoms with Crippen molar-refractivity contribution in [2.75, 3.05) is 26.2 Å². The first-order chi connectivity index (χ1) is 12.7. The number of hydrogen-bond acceptors (Lipinski definition) is 4. The normalized spacial score (nSPS) is 15.5. The Labute approximate surface area is 153 Å². The van der Waals surface area contributed by atoms with Crippen molar-refractivity contribution in [3.05, 3.63) is 65.4 Å². The molecule has 1 aliphatic rings. The zero-order valence-corrected chi connectivity index (χ0v) is 15.0. The monoisotopic (exact) mass is 349 g/mol. The van der Waals surface area contributed by atoms with Gasteiger partial charge in [0, 0.05) is 38.1 Å². The van der Waals surface area contributed by atoms with Crippen LogP contribution in [0.2, 0.25) is 0 Å². The number of piperazine rings is 1. The second kappa shape index (κ2) is 7.30. The van der Waals surface area contributed by atoms with Crippen LogP contribution in [0.4, 0.5) is 0 Å². The zero-order chi connectivity index (χ0) is 17.9. The third kappa shape index (κ3) is 3.63. The highest BCUT2D eigenvalue weighted by molar-refractivity contribution is 5.79. The van der Waals surface area contributed by atoms with E-state index in [9.17, 15) is 4.79 Å². The Balaban J connectivity index is 1.32. The molecule has 2 heterocycles. The number of carbonyl (C=O) groups excluding carboxylic acids is 1. The molecule has 0 spiro atoms. The third-order valence-electron chi connectivity index (χ3n) is 5.03. The van der Waals surface area contributed by atoms with Gasteiger partial charge in [0.25, 0.3) is 0 Å². The van der Waals surface area contributed by atoms with E-state index in [1.165, 1.54) is 5.56 Å². The van der Waals surface area contributed by atoms with Crippen molar-refractivity contribution in [3.8, 4) is 0 Å². The average Bonchev–Trinajstić information content (AvgIpc) is 3.07. The number of aryl methyl sites for hydroxylation is 1. The van der Waals surface area contributed by atoms with Crippen molar-refractivity contribution in [2.24, 2.45) is 0 Å². The molecule has 134 valence electrons. The van der Waals surface area contributed by atoms with Gasteiger partial charge in [-0.05, 0) is 24.6 Å². The van der Waals surface area contributed by atoms with Gasteiger partial charge in [-0.25, -0.2) is 0 Å². The molecule has 0 unspecified atom stereocenters. The highest BCUT2D eigenvalue weighted by atomic mass is 16.5. The second-order valence-electron chi connectivity index (χ2n) is 6.94. The van der Waals surface area contributed by atoms with Crippen LogP contribution in [0.1, 0.15) is 16.8 Å². The first-order valence-corrected chi connectivity index (χ1v) is 9.08. The van der Waals surface area contributed by atoms with Crippen LogP contribution >= 0.6 is 0 Å². The first-order valence-electron chi connectivity index (χ1n) is 9.08. The second-order valence-corrected chi connectivity index (χ2v) is 6.94. The summed E-state index contributed by atoms with van der Waals surface area (Å²) >= 11 is 0. The summed E-state index contributed by atoms with van der Waals surface area (Å²) < 4.78 is 5.38. The largest absolute Gasteiger partial charge is 0.356 e. The summed E-state index contributed by atoms with van der Waals surface area (Å²) in [4.78, 5) is 16.8. The van der Waals surface area contributed by atoms with Crippen LogP contribution in [0.15, 0.2) is 53.1 Å². The van der Waals surface area contributed by atoms with E-state index >= 15 is 0 Å². The predicted octanol–water partition coefficient (Wildman–Crippen LogP) is 3.02. The molecule has 1 fully saturated rings. The van der Waals surface area contributed by atoms with Crippen molar-refractivity contribution in [2.45, 2.75) is 19.9 Å². The van der Waals surface area contributed by atoms with Gasteiger partial charge < -0.3 is 9.42 Å². The highest BCUT2D eigenvalue weighted by Gasteiger charge is 2.22. The molecule has 0 radical (unpaired) electrons. The fourth-order valence-electron chi connectivity index (χ4n) is 3.41. The molecule has 4 rings (SSSR count). The number of rotatable bonds is 4. The fourth-order valence-corrected chi connectivity index (χ4v) is 3.41. The Morgan fingerprint density at radius 2 is 1.77 bits per heavy atom. The molecular weight excluding hydrogens is 326 g/mol. The molecule has 26 heavy (non-hydrogen) atoms. The maximum Gasteiger partial charge on any atom is 0.227 e. The number of carbonyl (C=O) groups is 1. The summed E-state index contributed by atoms with van der Waals surface area (Å²) in [5.74, 6) is 0.209. The van der Waals surface area contributed by atoms with Crippen LogP contribution < -0.4 is 0 Å². The minimum Gasteiger partial charge on any atom is -0.356 e. The van der Waals surface area contributed by atoms with E-state index in [4.69, 9.17) is 4.52 Å². The number of nitrogens with zero attached hydrogens (tertiary/aromatic N) is 3. The predicted molar refractivity (Wildman–Crippen MR) is 101 cm³/mol. The fraction of sp³-hybridized carbons (Fsp3) is 0.333. The summed E-state index contributed by atoms with van der Waals surface area (Å²) in [6, 6.07) is 16.1. The Bertz CT molecular complexity index is 893. The maximum atomic E-state index is 12.5. The summed E-state index contributed by atoms with van der Waals surface area (Å²) in [5.41, 5.74) is 4.10. The summed E-state index contributed by atoms with van der Waals surface area (Å²) in [6.45, 7) is 6.07. The lowest BCUT2D eigenvalue weighted by Crippen LogP contribution is -2.48. The molecule has 2 aromatic carbocycles. The van der Waals surface area contributed by atoms with E-state index in [-0.39, 0.29) is 5.91 Å². The molecule has 5 nitrogen and oxygen atoms in total. The third-order valence-corrected chi connectivity index (χ3v) is 5.03. The molecular formula is C21H23N3O2. The maximum absolute atomic E-state index is 12.5. The van der Waals surface area contributed by atoms with Crippen LogP contribution in [-0.4, -0.2) is 47.0 Å². The number of benzene rings is 2. The van der Waals surface area contributed by atoms with Gasteiger partial charge in [0.2, 0.25) is 5.91 Å². The van der Waals surface area contributed by atoms with Gasteiger partial charge >= 0.3 is 0 Å². The zero-order valence-electron chi connectivity index (χ0n) is 15.0. The van der Waals surface area contributed by atoms with Gasteiger partial charge in [-0.3, -0.25) is 9.69 Å². The highest BCUT2D eigenvalue weighted by Crippen LogP contribution is 2.20. The van der Waals surface area contributed by atoms with Crippen LogP contribution in [0.25, 0.3) is 11.0 Å². The van der Waals surface area contributed by atoms with Crippen LogP contribution in [0.3, 0.4) is 0 Å². The molecule has 1 aliphatic heterocycles. The molecule has 1 aromatic heterocycles. The van der Waals surface area contributed by atoms with Gasteiger partial charge in [-0.2, -0.15) is 0 Å². The van der Waals surface area contributed by atoms with Crippen molar-refractivity contribution in [1.29, 1.82) is 0 Å². The van der Waals surface area contributed by atoms with Gasteiger partial charge in [-0.1, -0.05) is 47.1 Å². The summed E-state index contributed by atoms with van der Waals surface area (Å²) in [7, 11) is 0. The standard InChI is InChI=1S/C21H23N3O2/c1-16-6-8-17(9-7-16)14-21(25)24-12-10-23(11-13-24)15-19-18-4-2-3-5-20(18)26-22-19/h2-9H,10-15H2,1H3. The van der Waals surface area contributed by atoms with Crippen molar-refractivity contribution in [3.63, 3.8) is 0 Å². The lowest BCUT2D eigenvalue weighted by Gasteiger charge is -2.34.